The lowest BCUT2D eigenvalue weighted by Crippen LogP contribution is -2.49. The van der Waals surface area contributed by atoms with E-state index in [1.54, 1.807) is 37.5 Å². The Morgan fingerprint density at radius 1 is 1.00 bits per heavy atom. The van der Waals surface area contributed by atoms with E-state index in [0.717, 1.165) is 28.2 Å². The number of pyridine rings is 1. The molecule has 42 heavy (non-hydrogen) atoms. The zero-order valence-corrected chi connectivity index (χ0v) is 24.9. The summed E-state index contributed by atoms with van der Waals surface area (Å²) in [6.45, 7) is 4.94. The Labute approximate surface area is 248 Å². The first kappa shape index (κ1) is 29.7. The van der Waals surface area contributed by atoms with Crippen LogP contribution in [0.1, 0.15) is 19.4 Å². The first-order valence-electron chi connectivity index (χ1n) is 14.1. The molecular weight excluding hydrogens is 550 g/mol. The second-order valence-electron chi connectivity index (χ2n) is 10.9. The van der Waals surface area contributed by atoms with Gasteiger partial charge in [-0.1, -0.05) is 43.3 Å². The number of rotatable bonds is 9. The van der Waals surface area contributed by atoms with Crippen LogP contribution in [-0.4, -0.2) is 66.6 Å². The highest BCUT2D eigenvalue weighted by molar-refractivity contribution is 7.89. The Bertz CT molecular complexity index is 1570. The van der Waals surface area contributed by atoms with Gasteiger partial charge < -0.3 is 14.6 Å². The third-order valence-corrected chi connectivity index (χ3v) is 9.55. The third kappa shape index (κ3) is 6.82. The van der Waals surface area contributed by atoms with Crippen LogP contribution < -0.4 is 9.47 Å². The molecule has 0 fully saturated rings. The maximum absolute atomic E-state index is 13.8. The highest BCUT2D eigenvalue weighted by Crippen LogP contribution is 2.36. The fourth-order valence-corrected chi connectivity index (χ4v) is 6.96. The number of ether oxygens (including phenoxy) is 2. The van der Waals surface area contributed by atoms with Gasteiger partial charge in [0.15, 0.2) is 0 Å². The van der Waals surface area contributed by atoms with E-state index in [1.807, 2.05) is 80.7 Å². The lowest BCUT2D eigenvalue weighted by molar-refractivity contribution is 0.0734. The second kappa shape index (κ2) is 13.0. The van der Waals surface area contributed by atoms with Crippen molar-refractivity contribution in [2.45, 2.75) is 37.4 Å². The van der Waals surface area contributed by atoms with E-state index in [1.165, 1.54) is 4.31 Å². The van der Waals surface area contributed by atoms with Crippen LogP contribution >= 0.6 is 0 Å². The summed E-state index contributed by atoms with van der Waals surface area (Å²) in [6.07, 6.45) is 3.11. The number of aromatic nitrogens is 1. The minimum absolute atomic E-state index is 0.106. The molecule has 0 saturated carbocycles. The zero-order valence-electron chi connectivity index (χ0n) is 24.1. The molecule has 4 aromatic rings. The fraction of sp³-hybridized carbons (Fsp3) is 0.303. The number of sulfonamides is 1. The van der Waals surface area contributed by atoms with Gasteiger partial charge in [0.05, 0.1) is 6.61 Å². The van der Waals surface area contributed by atoms with Crippen molar-refractivity contribution >= 4 is 10.0 Å². The number of fused-ring (bicyclic) bond motifs is 1. The van der Waals surface area contributed by atoms with E-state index in [0.29, 0.717) is 18.8 Å². The van der Waals surface area contributed by atoms with Crippen molar-refractivity contribution in [1.82, 2.24) is 14.2 Å². The molecule has 3 aromatic carbocycles. The number of hydrogen-bond acceptors (Lipinski definition) is 7. The number of aliphatic hydroxyl groups excluding tert-OH is 1. The second-order valence-corrected chi connectivity index (χ2v) is 12.8. The molecule has 8 nitrogen and oxygen atoms in total. The van der Waals surface area contributed by atoms with Crippen molar-refractivity contribution in [2.24, 2.45) is 5.92 Å². The number of likely N-dealkylation sites (N-methyl/N-ethyl adjacent to an activating group) is 1. The summed E-state index contributed by atoms with van der Waals surface area (Å²) in [6, 6.07) is 26.1. The molecule has 9 heteroatoms. The molecular formula is C33H37N3O5S. The Kier molecular flexibility index (Phi) is 9.23. The predicted molar refractivity (Wildman–Crippen MR) is 163 cm³/mol. The van der Waals surface area contributed by atoms with Crippen LogP contribution in [-0.2, 0) is 16.6 Å². The Balaban J connectivity index is 1.38. The summed E-state index contributed by atoms with van der Waals surface area (Å²) >= 11 is 0. The smallest absolute Gasteiger partial charge is 0.247 e. The van der Waals surface area contributed by atoms with Crippen LogP contribution in [0.2, 0.25) is 0 Å². The minimum atomic E-state index is -3.90. The SMILES string of the molecule is C[C@@H]1CN([C@H](C)CO)S(=O)(=O)c2ccc(-c3ccncc3)cc2O[C@H]1CN(C)Cc1ccc(Oc2ccccc2)cc1. The molecule has 0 amide bonds. The van der Waals surface area contributed by atoms with Gasteiger partial charge in [0.2, 0.25) is 10.0 Å². The molecule has 0 spiro atoms. The summed E-state index contributed by atoms with van der Waals surface area (Å²) < 4.78 is 41.5. The van der Waals surface area contributed by atoms with Gasteiger partial charge >= 0.3 is 0 Å². The van der Waals surface area contributed by atoms with Gasteiger partial charge in [-0.25, -0.2) is 8.42 Å². The van der Waals surface area contributed by atoms with E-state index in [9.17, 15) is 13.5 Å². The van der Waals surface area contributed by atoms with Gasteiger partial charge in [-0.3, -0.25) is 9.88 Å². The van der Waals surface area contributed by atoms with Crippen molar-refractivity contribution < 1.29 is 23.0 Å². The molecule has 1 aliphatic heterocycles. The average molecular weight is 588 g/mol. The van der Waals surface area contributed by atoms with E-state index >= 15 is 0 Å². The molecule has 0 aliphatic carbocycles. The van der Waals surface area contributed by atoms with Crippen LogP contribution in [0.25, 0.3) is 11.1 Å². The van der Waals surface area contributed by atoms with Gasteiger partial charge in [-0.05, 0) is 79.2 Å². The Morgan fingerprint density at radius 2 is 1.69 bits per heavy atom. The molecule has 220 valence electrons. The van der Waals surface area contributed by atoms with E-state index in [2.05, 4.69) is 9.88 Å². The summed E-state index contributed by atoms with van der Waals surface area (Å²) in [4.78, 5) is 6.37. The summed E-state index contributed by atoms with van der Waals surface area (Å²) in [5, 5.41) is 9.93. The predicted octanol–water partition coefficient (Wildman–Crippen LogP) is 5.44. The quantitative estimate of drug-likeness (QED) is 0.279. The van der Waals surface area contributed by atoms with Crippen molar-refractivity contribution in [3.05, 3.63) is 103 Å². The molecule has 0 unspecified atom stereocenters. The molecule has 0 saturated heterocycles. The zero-order chi connectivity index (χ0) is 29.7. The number of hydrogen-bond donors (Lipinski definition) is 1. The molecule has 1 aliphatic rings. The van der Waals surface area contributed by atoms with Crippen molar-refractivity contribution in [2.75, 3.05) is 26.7 Å². The first-order valence-corrected chi connectivity index (χ1v) is 15.5. The summed E-state index contributed by atoms with van der Waals surface area (Å²) in [7, 11) is -1.87. The normalized spacial score (nSPS) is 19.3. The molecule has 1 N–H and O–H groups in total. The van der Waals surface area contributed by atoms with Gasteiger partial charge in [-0.2, -0.15) is 4.31 Å². The fourth-order valence-electron chi connectivity index (χ4n) is 5.14. The van der Waals surface area contributed by atoms with Crippen molar-refractivity contribution in [3.63, 3.8) is 0 Å². The van der Waals surface area contributed by atoms with Gasteiger partial charge in [0.1, 0.15) is 28.2 Å². The monoisotopic (exact) mass is 587 g/mol. The Hall–Kier alpha value is -3.76. The molecule has 5 rings (SSSR count). The number of nitrogens with zero attached hydrogens (tertiary/aromatic N) is 3. The minimum Gasteiger partial charge on any atom is -0.487 e. The van der Waals surface area contributed by atoms with Crippen LogP contribution in [0.3, 0.4) is 0 Å². The molecule has 2 heterocycles. The number of para-hydroxylation sites is 1. The van der Waals surface area contributed by atoms with Crippen LogP contribution in [0.5, 0.6) is 17.2 Å². The lowest BCUT2D eigenvalue weighted by Gasteiger charge is -2.37. The Morgan fingerprint density at radius 3 is 2.38 bits per heavy atom. The first-order chi connectivity index (χ1) is 20.2. The standard InChI is InChI=1S/C33H37N3O5S/c1-24-20-36(25(2)23-37)42(38,39)33-14-11-28(27-15-17-34-18-16-27)19-31(33)41-32(24)22-35(3)21-26-9-12-30(13-10-26)40-29-7-5-4-6-8-29/h4-19,24-25,32,37H,20-23H2,1-3H3/t24-,25-,32+/m1/s1. The highest BCUT2D eigenvalue weighted by atomic mass is 32.2. The maximum atomic E-state index is 13.8. The van der Waals surface area contributed by atoms with E-state index < -0.39 is 16.1 Å². The van der Waals surface area contributed by atoms with Gasteiger partial charge in [0.25, 0.3) is 0 Å². The molecule has 0 radical (unpaired) electrons. The third-order valence-electron chi connectivity index (χ3n) is 7.53. The topological polar surface area (TPSA) is 92.2 Å². The van der Waals surface area contributed by atoms with E-state index in [4.69, 9.17) is 9.47 Å². The highest BCUT2D eigenvalue weighted by Gasteiger charge is 2.38. The molecule has 3 atom stereocenters. The average Bonchev–Trinajstić information content (AvgIpc) is 3.00. The van der Waals surface area contributed by atoms with E-state index in [-0.39, 0.29) is 30.1 Å². The summed E-state index contributed by atoms with van der Waals surface area (Å²) in [5.41, 5.74) is 2.87. The van der Waals surface area contributed by atoms with Gasteiger partial charge in [0, 0.05) is 44.0 Å². The van der Waals surface area contributed by atoms with Gasteiger partial charge in [-0.15, -0.1) is 0 Å². The van der Waals surface area contributed by atoms with Crippen molar-refractivity contribution in [1.29, 1.82) is 0 Å². The van der Waals surface area contributed by atoms with Crippen molar-refractivity contribution in [3.8, 4) is 28.4 Å². The number of aliphatic hydroxyl groups is 1. The lowest BCUT2D eigenvalue weighted by atomic mass is 10.0. The van der Waals surface area contributed by atoms with Crippen LogP contribution in [0.4, 0.5) is 0 Å². The maximum Gasteiger partial charge on any atom is 0.247 e. The number of benzene rings is 3. The summed E-state index contributed by atoms with van der Waals surface area (Å²) in [5.74, 6) is 1.73. The molecule has 1 aromatic heterocycles. The van der Waals surface area contributed by atoms with Crippen LogP contribution in [0.15, 0.2) is 102 Å². The van der Waals surface area contributed by atoms with Crippen LogP contribution in [0, 0.1) is 5.92 Å². The molecule has 0 bridgehead atoms. The largest absolute Gasteiger partial charge is 0.487 e.